The van der Waals surface area contributed by atoms with Crippen LogP contribution in [0.3, 0.4) is 0 Å². The predicted molar refractivity (Wildman–Crippen MR) is 140 cm³/mol. The topological polar surface area (TPSA) is 88.9 Å². The summed E-state index contributed by atoms with van der Waals surface area (Å²) < 4.78 is 2.70. The third-order valence-corrected chi connectivity index (χ3v) is 7.34. The number of aromatic nitrogens is 3. The lowest BCUT2D eigenvalue weighted by Gasteiger charge is -2.22. The molecule has 2 N–H and O–H groups in total. The van der Waals surface area contributed by atoms with E-state index in [0.717, 1.165) is 10.0 Å². The minimum atomic E-state index is -0.325. The fourth-order valence-electron chi connectivity index (χ4n) is 3.29. The molecule has 180 valence electrons. The van der Waals surface area contributed by atoms with Gasteiger partial charge in [0.1, 0.15) is 0 Å². The molecular weight excluding hydrogens is 538 g/mol. The monoisotopic (exact) mass is 563 g/mol. The van der Waals surface area contributed by atoms with Gasteiger partial charge in [-0.15, -0.1) is 10.2 Å². The van der Waals surface area contributed by atoms with Gasteiger partial charge in [-0.2, -0.15) is 0 Å². The lowest BCUT2D eigenvalue weighted by Crippen LogP contribution is -2.33. The molecule has 34 heavy (non-hydrogen) atoms. The number of amides is 2. The Hall–Kier alpha value is -2.36. The van der Waals surface area contributed by atoms with Gasteiger partial charge in [0.15, 0.2) is 11.0 Å². The van der Waals surface area contributed by atoms with Gasteiger partial charge in [0.05, 0.1) is 16.8 Å². The van der Waals surface area contributed by atoms with E-state index in [2.05, 4.69) is 36.8 Å². The smallest absolute Gasteiger partial charge is 0.251 e. The fourth-order valence-corrected chi connectivity index (χ4v) is 4.53. The maximum absolute atomic E-state index is 12.8. The number of carbonyl (C=O) groups excluding carboxylic acids is 2. The molecule has 10 heteroatoms. The average molecular weight is 565 g/mol. The number of halogens is 2. The lowest BCUT2D eigenvalue weighted by molar-refractivity contribution is -0.113. The number of hydrogen-bond acceptors (Lipinski definition) is 5. The van der Waals surface area contributed by atoms with Crippen molar-refractivity contribution in [3.05, 3.63) is 68.9 Å². The summed E-state index contributed by atoms with van der Waals surface area (Å²) in [7, 11) is 0. The predicted octanol–water partition coefficient (Wildman–Crippen LogP) is 5.88. The van der Waals surface area contributed by atoms with Gasteiger partial charge >= 0.3 is 0 Å². The number of nitrogens with zero attached hydrogens (tertiary/aromatic N) is 3. The molecule has 0 aliphatic heterocycles. The summed E-state index contributed by atoms with van der Waals surface area (Å²) in [6.07, 6.45) is 0. The van der Waals surface area contributed by atoms with Gasteiger partial charge < -0.3 is 15.2 Å². The van der Waals surface area contributed by atoms with Crippen LogP contribution >= 0.6 is 39.3 Å². The first-order valence-electron chi connectivity index (χ1n) is 10.9. The summed E-state index contributed by atoms with van der Waals surface area (Å²) in [4.78, 5) is 25.3. The van der Waals surface area contributed by atoms with Crippen LogP contribution in [0.4, 0.5) is 5.69 Å². The number of aryl methyl sites for hydroxylation is 1. The third kappa shape index (κ3) is 6.61. The first-order chi connectivity index (χ1) is 16.2. The van der Waals surface area contributed by atoms with Crippen molar-refractivity contribution in [2.45, 2.75) is 45.4 Å². The second kappa shape index (κ2) is 11.9. The lowest BCUT2D eigenvalue weighted by atomic mass is 10.0. The molecule has 2 amide bonds. The van der Waals surface area contributed by atoms with Crippen molar-refractivity contribution >= 4 is 56.8 Å². The van der Waals surface area contributed by atoms with Crippen LogP contribution in [-0.4, -0.2) is 32.3 Å². The molecule has 0 fully saturated rings. The maximum Gasteiger partial charge on any atom is 0.251 e. The Morgan fingerprint density at radius 3 is 2.47 bits per heavy atom. The van der Waals surface area contributed by atoms with Crippen LogP contribution in [0.25, 0.3) is 0 Å². The zero-order valence-electron chi connectivity index (χ0n) is 19.4. The van der Waals surface area contributed by atoms with E-state index in [-0.39, 0.29) is 29.5 Å². The van der Waals surface area contributed by atoms with Crippen molar-refractivity contribution in [2.24, 2.45) is 5.92 Å². The minimum Gasteiger partial charge on any atom is -0.342 e. The van der Waals surface area contributed by atoms with E-state index in [4.69, 9.17) is 11.6 Å². The zero-order valence-corrected chi connectivity index (χ0v) is 22.6. The average Bonchev–Trinajstić information content (AvgIpc) is 3.21. The number of hydrogen-bond donors (Lipinski definition) is 2. The number of thioether (sulfide) groups is 1. The molecule has 0 saturated carbocycles. The molecule has 0 aliphatic rings. The summed E-state index contributed by atoms with van der Waals surface area (Å²) in [6, 6.07) is 12.4. The minimum absolute atomic E-state index is 0.0900. The van der Waals surface area contributed by atoms with Gasteiger partial charge in [-0.05, 0) is 66.0 Å². The Labute approximate surface area is 217 Å². The van der Waals surface area contributed by atoms with Crippen molar-refractivity contribution in [1.29, 1.82) is 0 Å². The Kier molecular flexibility index (Phi) is 9.16. The highest BCUT2D eigenvalue weighted by Crippen LogP contribution is 2.27. The van der Waals surface area contributed by atoms with E-state index in [1.54, 1.807) is 18.2 Å². The van der Waals surface area contributed by atoms with Crippen molar-refractivity contribution in [1.82, 2.24) is 20.1 Å². The molecule has 0 aliphatic carbocycles. The van der Waals surface area contributed by atoms with E-state index >= 15 is 0 Å². The SMILES string of the molecule is CCn1c(SCC(=O)Nc2ccc(Br)c(Cl)c2)nnc1[C@H](NC(=O)c1ccc(C)cc1)C(C)C. The molecule has 0 saturated heterocycles. The molecular formula is C24H27BrClN5O2S. The second-order valence-electron chi connectivity index (χ2n) is 8.11. The van der Waals surface area contributed by atoms with Crippen LogP contribution < -0.4 is 10.6 Å². The Balaban J connectivity index is 1.70. The number of benzene rings is 2. The van der Waals surface area contributed by atoms with Gasteiger partial charge in [-0.1, -0.05) is 54.9 Å². The van der Waals surface area contributed by atoms with Gasteiger partial charge in [-0.25, -0.2) is 0 Å². The van der Waals surface area contributed by atoms with Gasteiger partial charge in [0.25, 0.3) is 5.91 Å². The van der Waals surface area contributed by atoms with Crippen LogP contribution in [0.15, 0.2) is 52.1 Å². The normalized spacial score (nSPS) is 12.0. The summed E-state index contributed by atoms with van der Waals surface area (Å²) in [6.45, 7) is 8.63. The maximum atomic E-state index is 12.8. The van der Waals surface area contributed by atoms with Crippen LogP contribution in [0.2, 0.25) is 5.02 Å². The molecule has 1 atom stereocenters. The summed E-state index contributed by atoms with van der Waals surface area (Å²) in [5.74, 6) is 0.580. The molecule has 0 bridgehead atoms. The van der Waals surface area contributed by atoms with Crippen molar-refractivity contribution < 1.29 is 9.59 Å². The van der Waals surface area contributed by atoms with Crippen LogP contribution in [0.1, 0.15) is 48.6 Å². The molecule has 7 nitrogen and oxygen atoms in total. The molecule has 1 aromatic heterocycles. The number of carbonyl (C=O) groups is 2. The van der Waals surface area contributed by atoms with Crippen LogP contribution in [0.5, 0.6) is 0 Å². The highest BCUT2D eigenvalue weighted by atomic mass is 79.9. The summed E-state index contributed by atoms with van der Waals surface area (Å²) in [5.41, 5.74) is 2.31. The summed E-state index contributed by atoms with van der Waals surface area (Å²) in [5, 5.41) is 15.8. The number of rotatable bonds is 9. The Bertz CT molecular complexity index is 1170. The zero-order chi connectivity index (χ0) is 24.8. The van der Waals surface area contributed by atoms with E-state index in [0.29, 0.717) is 33.8 Å². The third-order valence-electron chi connectivity index (χ3n) is 5.14. The largest absolute Gasteiger partial charge is 0.342 e. The fraction of sp³-hybridized carbons (Fsp3) is 0.333. The molecule has 2 aromatic carbocycles. The van der Waals surface area contributed by atoms with E-state index in [9.17, 15) is 9.59 Å². The van der Waals surface area contributed by atoms with E-state index < -0.39 is 0 Å². The van der Waals surface area contributed by atoms with Gasteiger partial charge in [-0.3, -0.25) is 9.59 Å². The number of nitrogens with one attached hydrogen (secondary N) is 2. The highest BCUT2D eigenvalue weighted by Gasteiger charge is 2.26. The van der Waals surface area contributed by atoms with Crippen molar-refractivity contribution in [3.63, 3.8) is 0 Å². The molecule has 1 heterocycles. The van der Waals surface area contributed by atoms with Gasteiger partial charge in [0, 0.05) is 22.3 Å². The van der Waals surface area contributed by atoms with E-state index in [1.807, 2.05) is 56.5 Å². The second-order valence-corrected chi connectivity index (χ2v) is 10.3. The molecule has 0 radical (unpaired) electrons. The van der Waals surface area contributed by atoms with Gasteiger partial charge in [0.2, 0.25) is 5.91 Å². The first-order valence-corrected chi connectivity index (χ1v) is 13.0. The number of anilines is 1. The van der Waals surface area contributed by atoms with Crippen molar-refractivity contribution in [2.75, 3.05) is 11.1 Å². The first kappa shape index (κ1) is 26.2. The molecule has 3 rings (SSSR count). The standard InChI is InChI=1S/C24H27BrClN5O2S/c1-5-31-22(21(14(2)3)28-23(33)16-8-6-15(4)7-9-16)29-30-24(31)34-13-20(32)27-17-10-11-18(25)19(26)12-17/h6-12,14,21H,5,13H2,1-4H3,(H,27,32)(H,28,33)/t21-/m1/s1. The Morgan fingerprint density at radius 1 is 1.15 bits per heavy atom. The summed E-state index contributed by atoms with van der Waals surface area (Å²) >= 11 is 10.7. The molecule has 3 aromatic rings. The quantitative estimate of drug-likeness (QED) is 0.317. The van der Waals surface area contributed by atoms with Crippen LogP contribution in [0, 0.1) is 12.8 Å². The van der Waals surface area contributed by atoms with Crippen LogP contribution in [-0.2, 0) is 11.3 Å². The van der Waals surface area contributed by atoms with E-state index in [1.165, 1.54) is 11.8 Å². The Morgan fingerprint density at radius 2 is 1.85 bits per heavy atom. The molecule has 0 unspecified atom stereocenters. The van der Waals surface area contributed by atoms with Crippen molar-refractivity contribution in [3.8, 4) is 0 Å². The highest BCUT2D eigenvalue weighted by molar-refractivity contribution is 9.10. The molecule has 0 spiro atoms.